The SMILES string of the molecule is CC(C)[C@H](O)[C@H](N)c1cc2c(cc1Br)OCO2.Cl. The van der Waals surface area contributed by atoms with E-state index in [2.05, 4.69) is 15.9 Å². The Morgan fingerprint density at radius 2 is 1.83 bits per heavy atom. The van der Waals surface area contributed by atoms with Gasteiger partial charge in [-0.15, -0.1) is 12.4 Å². The maximum Gasteiger partial charge on any atom is 0.231 e. The van der Waals surface area contributed by atoms with Crippen molar-refractivity contribution in [1.29, 1.82) is 0 Å². The number of halogens is 2. The molecule has 0 saturated carbocycles. The summed E-state index contributed by atoms with van der Waals surface area (Å²) in [5, 5.41) is 10.0. The molecule has 1 heterocycles. The summed E-state index contributed by atoms with van der Waals surface area (Å²) in [6, 6.07) is 3.20. The zero-order valence-electron chi connectivity index (χ0n) is 10.2. The van der Waals surface area contributed by atoms with Gasteiger partial charge in [0.2, 0.25) is 6.79 Å². The quantitative estimate of drug-likeness (QED) is 0.889. The van der Waals surface area contributed by atoms with Crippen LogP contribution >= 0.6 is 28.3 Å². The Morgan fingerprint density at radius 3 is 2.39 bits per heavy atom. The molecular formula is C12H17BrClNO3. The Morgan fingerprint density at radius 1 is 1.28 bits per heavy atom. The molecule has 1 aromatic carbocycles. The number of nitrogens with two attached hydrogens (primary N) is 1. The largest absolute Gasteiger partial charge is 0.454 e. The van der Waals surface area contributed by atoms with Crippen molar-refractivity contribution in [2.24, 2.45) is 11.7 Å². The lowest BCUT2D eigenvalue weighted by atomic mass is 9.94. The molecule has 1 aromatic rings. The smallest absolute Gasteiger partial charge is 0.231 e. The lowest BCUT2D eigenvalue weighted by Gasteiger charge is -2.23. The number of aliphatic hydroxyl groups excluding tert-OH is 1. The van der Waals surface area contributed by atoms with Crippen molar-refractivity contribution in [3.8, 4) is 11.5 Å². The number of hydrogen-bond donors (Lipinski definition) is 2. The van der Waals surface area contributed by atoms with Crippen molar-refractivity contribution >= 4 is 28.3 Å². The third-order valence-electron chi connectivity index (χ3n) is 2.90. The first-order chi connectivity index (χ1) is 8.00. The topological polar surface area (TPSA) is 64.7 Å². The van der Waals surface area contributed by atoms with Crippen LogP contribution in [-0.2, 0) is 0 Å². The molecule has 3 N–H and O–H groups in total. The van der Waals surface area contributed by atoms with Crippen molar-refractivity contribution in [1.82, 2.24) is 0 Å². The van der Waals surface area contributed by atoms with Gasteiger partial charge in [-0.2, -0.15) is 0 Å². The zero-order valence-corrected chi connectivity index (χ0v) is 12.6. The Hall–Kier alpha value is -0.490. The molecule has 0 saturated heterocycles. The van der Waals surface area contributed by atoms with Gasteiger partial charge >= 0.3 is 0 Å². The summed E-state index contributed by atoms with van der Waals surface area (Å²) >= 11 is 3.44. The van der Waals surface area contributed by atoms with Gasteiger partial charge in [0.25, 0.3) is 0 Å². The fourth-order valence-corrected chi connectivity index (χ4v) is 2.37. The Balaban J connectivity index is 0.00000162. The number of hydrogen-bond acceptors (Lipinski definition) is 4. The standard InChI is InChI=1S/C12H16BrNO3.ClH/c1-6(2)12(15)11(14)7-3-9-10(4-8(7)13)17-5-16-9;/h3-4,6,11-12,15H,5,14H2,1-2H3;1H/t11-,12+;/m1./s1. The monoisotopic (exact) mass is 337 g/mol. The van der Waals surface area contributed by atoms with Crippen LogP contribution in [0.15, 0.2) is 16.6 Å². The highest BCUT2D eigenvalue weighted by Gasteiger charge is 2.25. The van der Waals surface area contributed by atoms with Crippen molar-refractivity contribution in [2.45, 2.75) is 26.0 Å². The number of ether oxygens (including phenoxy) is 2. The van der Waals surface area contributed by atoms with E-state index in [1.807, 2.05) is 26.0 Å². The van der Waals surface area contributed by atoms with Crippen LogP contribution in [0.2, 0.25) is 0 Å². The van der Waals surface area contributed by atoms with Crippen molar-refractivity contribution in [2.75, 3.05) is 6.79 Å². The Kier molecular flexibility index (Phi) is 5.28. The predicted octanol–water partition coefficient (Wildman–Crippen LogP) is 2.62. The van der Waals surface area contributed by atoms with Gasteiger partial charge in [-0.25, -0.2) is 0 Å². The Labute approximate surface area is 121 Å². The molecule has 0 amide bonds. The zero-order chi connectivity index (χ0) is 12.6. The maximum absolute atomic E-state index is 10.0. The van der Waals surface area contributed by atoms with E-state index in [9.17, 15) is 5.11 Å². The van der Waals surface area contributed by atoms with Gasteiger partial charge < -0.3 is 20.3 Å². The van der Waals surface area contributed by atoms with Crippen LogP contribution in [0, 0.1) is 5.92 Å². The van der Waals surface area contributed by atoms with Crippen LogP contribution in [0.1, 0.15) is 25.5 Å². The summed E-state index contributed by atoms with van der Waals surface area (Å²) in [6.45, 7) is 4.10. The normalized spacial score (nSPS) is 16.3. The predicted molar refractivity (Wildman–Crippen MR) is 75.3 cm³/mol. The highest BCUT2D eigenvalue weighted by molar-refractivity contribution is 9.10. The average Bonchev–Trinajstić information content (AvgIpc) is 2.72. The van der Waals surface area contributed by atoms with Crippen molar-refractivity contribution in [3.63, 3.8) is 0 Å². The van der Waals surface area contributed by atoms with Gasteiger partial charge in [-0.05, 0) is 23.6 Å². The van der Waals surface area contributed by atoms with Crippen LogP contribution < -0.4 is 15.2 Å². The molecule has 2 rings (SSSR count). The molecule has 1 aliphatic heterocycles. The second kappa shape index (κ2) is 6.10. The fraction of sp³-hybridized carbons (Fsp3) is 0.500. The van der Waals surface area contributed by atoms with Gasteiger partial charge in [-0.3, -0.25) is 0 Å². The molecule has 2 atom stereocenters. The first-order valence-electron chi connectivity index (χ1n) is 5.53. The van der Waals surface area contributed by atoms with E-state index >= 15 is 0 Å². The number of rotatable bonds is 3. The van der Waals surface area contributed by atoms with Crippen LogP contribution in [0.25, 0.3) is 0 Å². The minimum atomic E-state index is -0.591. The van der Waals surface area contributed by atoms with E-state index in [1.54, 1.807) is 0 Å². The first kappa shape index (κ1) is 15.6. The van der Waals surface area contributed by atoms with Crippen LogP contribution in [0.3, 0.4) is 0 Å². The molecule has 18 heavy (non-hydrogen) atoms. The molecule has 0 unspecified atom stereocenters. The van der Waals surface area contributed by atoms with Gasteiger partial charge in [0.05, 0.1) is 12.1 Å². The van der Waals surface area contributed by atoms with Crippen LogP contribution in [-0.4, -0.2) is 18.0 Å². The minimum absolute atomic E-state index is 0. The summed E-state index contributed by atoms with van der Waals surface area (Å²) in [5.74, 6) is 1.48. The molecule has 102 valence electrons. The number of aliphatic hydroxyl groups is 1. The van der Waals surface area contributed by atoms with Crippen molar-refractivity contribution < 1.29 is 14.6 Å². The molecule has 0 spiro atoms. The third-order valence-corrected chi connectivity index (χ3v) is 3.59. The van der Waals surface area contributed by atoms with E-state index < -0.39 is 12.1 Å². The Bertz CT molecular complexity index is 428. The highest BCUT2D eigenvalue weighted by Crippen LogP contribution is 2.39. The summed E-state index contributed by atoms with van der Waals surface area (Å²) in [6.07, 6.45) is -0.591. The van der Waals surface area contributed by atoms with E-state index in [0.717, 1.165) is 10.0 Å². The second-order valence-corrected chi connectivity index (χ2v) is 5.34. The van der Waals surface area contributed by atoms with Crippen LogP contribution in [0.4, 0.5) is 0 Å². The number of benzene rings is 1. The van der Waals surface area contributed by atoms with E-state index in [0.29, 0.717) is 11.5 Å². The summed E-state index contributed by atoms with van der Waals surface area (Å²) < 4.78 is 11.4. The highest BCUT2D eigenvalue weighted by atomic mass is 79.9. The average molecular weight is 339 g/mol. The molecule has 0 fully saturated rings. The van der Waals surface area contributed by atoms with Crippen molar-refractivity contribution in [3.05, 3.63) is 22.2 Å². The van der Waals surface area contributed by atoms with Crippen LogP contribution in [0.5, 0.6) is 11.5 Å². The van der Waals surface area contributed by atoms with Gasteiger partial charge in [0.1, 0.15) is 0 Å². The lowest BCUT2D eigenvalue weighted by Crippen LogP contribution is -2.30. The summed E-state index contributed by atoms with van der Waals surface area (Å²) in [7, 11) is 0. The van der Waals surface area contributed by atoms with Gasteiger partial charge in [-0.1, -0.05) is 29.8 Å². The number of fused-ring (bicyclic) bond motifs is 1. The minimum Gasteiger partial charge on any atom is -0.454 e. The van der Waals surface area contributed by atoms with Gasteiger partial charge in [0, 0.05) is 4.47 Å². The van der Waals surface area contributed by atoms with Gasteiger partial charge in [0.15, 0.2) is 11.5 Å². The van der Waals surface area contributed by atoms with E-state index in [-0.39, 0.29) is 25.1 Å². The molecule has 1 aliphatic rings. The summed E-state index contributed by atoms with van der Waals surface area (Å²) in [5.41, 5.74) is 6.89. The lowest BCUT2D eigenvalue weighted by molar-refractivity contribution is 0.0976. The first-order valence-corrected chi connectivity index (χ1v) is 6.32. The molecular weight excluding hydrogens is 321 g/mol. The molecule has 4 nitrogen and oxygen atoms in total. The maximum atomic E-state index is 10.0. The third kappa shape index (κ3) is 2.91. The van der Waals surface area contributed by atoms with E-state index in [4.69, 9.17) is 15.2 Å². The van der Waals surface area contributed by atoms with E-state index in [1.165, 1.54) is 0 Å². The molecule has 0 aromatic heterocycles. The fourth-order valence-electron chi connectivity index (χ4n) is 1.79. The molecule has 0 radical (unpaired) electrons. The molecule has 6 heteroatoms. The summed E-state index contributed by atoms with van der Waals surface area (Å²) in [4.78, 5) is 0. The molecule has 0 aliphatic carbocycles. The molecule has 0 bridgehead atoms. The second-order valence-electron chi connectivity index (χ2n) is 4.49.